The highest BCUT2D eigenvalue weighted by Gasteiger charge is 2.23. The van der Waals surface area contributed by atoms with Crippen LogP contribution in [0.1, 0.15) is 18.4 Å². The monoisotopic (exact) mass is 342 g/mol. The normalized spacial score (nSPS) is 16.4. The topological polar surface area (TPSA) is 87.0 Å². The van der Waals surface area contributed by atoms with E-state index in [4.69, 9.17) is 21.6 Å². The zero-order valence-electron chi connectivity index (χ0n) is 12.8. The van der Waals surface area contributed by atoms with E-state index in [2.05, 4.69) is 15.6 Å². The smallest absolute Gasteiger partial charge is 0.253 e. The molecule has 0 radical (unpaired) electrons. The van der Waals surface area contributed by atoms with Crippen LogP contribution in [0.15, 0.2) is 36.5 Å². The molecule has 3 rings (SSSR count). The molecule has 1 saturated heterocycles. The molecular weight excluding hydrogens is 328 g/mol. The van der Waals surface area contributed by atoms with Gasteiger partial charge in [0.05, 0.1) is 10.6 Å². The van der Waals surface area contributed by atoms with Crippen LogP contribution >= 0.6 is 11.6 Å². The van der Waals surface area contributed by atoms with E-state index in [0.29, 0.717) is 28.7 Å². The van der Waals surface area contributed by atoms with Crippen LogP contribution in [0.4, 0.5) is 17.2 Å². The van der Waals surface area contributed by atoms with Gasteiger partial charge in [-0.1, -0.05) is 11.6 Å². The molecule has 1 amide bonds. The molecule has 2 heterocycles. The van der Waals surface area contributed by atoms with Crippen molar-refractivity contribution in [2.75, 3.05) is 17.2 Å². The van der Waals surface area contributed by atoms with Gasteiger partial charge in [-0.05, 0) is 43.2 Å². The van der Waals surface area contributed by atoms with E-state index in [1.54, 1.807) is 30.3 Å². The minimum Gasteiger partial charge on any atom is -0.368 e. The molecule has 122 valence electrons. The molecule has 2 aromatic rings. The lowest BCUT2D eigenvalue weighted by Crippen LogP contribution is -2.26. The van der Waals surface area contributed by atoms with Crippen molar-refractivity contribution in [3.8, 4) is 6.07 Å². The van der Waals surface area contributed by atoms with Crippen molar-refractivity contribution in [1.29, 1.82) is 5.26 Å². The van der Waals surface area contributed by atoms with E-state index < -0.39 is 0 Å². The first-order chi connectivity index (χ1) is 11.7. The molecule has 2 N–H and O–H groups in total. The van der Waals surface area contributed by atoms with E-state index >= 15 is 0 Å². The highest BCUT2D eigenvalue weighted by molar-refractivity contribution is 6.33. The fourth-order valence-electron chi connectivity index (χ4n) is 2.37. The zero-order valence-corrected chi connectivity index (χ0v) is 13.5. The van der Waals surface area contributed by atoms with Gasteiger partial charge in [-0.3, -0.25) is 4.79 Å². The third-order valence-corrected chi connectivity index (χ3v) is 3.90. The number of pyridine rings is 1. The molecule has 1 atom stereocenters. The largest absolute Gasteiger partial charge is 0.368 e. The second kappa shape index (κ2) is 7.30. The van der Waals surface area contributed by atoms with Crippen LogP contribution in [0.25, 0.3) is 0 Å². The first-order valence-electron chi connectivity index (χ1n) is 7.51. The number of anilines is 3. The Kier molecular flexibility index (Phi) is 4.94. The zero-order chi connectivity index (χ0) is 16.9. The number of nitrogens with one attached hydrogen (secondary N) is 2. The maximum absolute atomic E-state index is 12.0. The quantitative estimate of drug-likeness (QED) is 0.888. The van der Waals surface area contributed by atoms with Crippen LogP contribution in [0.3, 0.4) is 0 Å². The summed E-state index contributed by atoms with van der Waals surface area (Å²) < 4.78 is 5.35. The summed E-state index contributed by atoms with van der Waals surface area (Å²) in [5.74, 6) is 0.344. The maximum Gasteiger partial charge on any atom is 0.253 e. The number of nitrogens with zero attached hydrogens (tertiary/aromatic N) is 2. The van der Waals surface area contributed by atoms with Crippen molar-refractivity contribution in [3.05, 3.63) is 47.1 Å². The summed E-state index contributed by atoms with van der Waals surface area (Å²) in [6.07, 6.45) is 2.77. The van der Waals surface area contributed by atoms with Gasteiger partial charge in [0.15, 0.2) is 0 Å². The third-order valence-electron chi connectivity index (χ3n) is 3.61. The number of carbonyl (C=O) groups is 1. The summed E-state index contributed by atoms with van der Waals surface area (Å²) in [7, 11) is 0. The number of hydrogen-bond acceptors (Lipinski definition) is 5. The summed E-state index contributed by atoms with van der Waals surface area (Å²) >= 11 is 6.08. The van der Waals surface area contributed by atoms with Crippen molar-refractivity contribution in [2.45, 2.75) is 18.9 Å². The Labute approximate surface area is 144 Å². The van der Waals surface area contributed by atoms with Crippen molar-refractivity contribution < 1.29 is 9.53 Å². The Morgan fingerprint density at radius 1 is 1.33 bits per heavy atom. The molecule has 1 aromatic carbocycles. The number of halogens is 1. The highest BCUT2D eigenvalue weighted by Crippen LogP contribution is 2.25. The number of nitriles is 1. The number of aromatic nitrogens is 1. The molecule has 1 aliphatic rings. The Morgan fingerprint density at radius 2 is 2.08 bits per heavy atom. The number of ether oxygens (including phenoxy) is 1. The van der Waals surface area contributed by atoms with E-state index in [1.165, 1.54) is 6.20 Å². The standard InChI is InChI=1S/C17H15ClN4O2/c18-14-8-11(9-19)10-20-16(14)21-12-3-5-13(6-4-12)22-17(23)15-2-1-7-24-15/h3-6,8,10,15H,1-2,7H2,(H,20,21)(H,22,23)/t15-/m0/s1. The van der Waals surface area contributed by atoms with Crippen LogP contribution in [0.2, 0.25) is 5.02 Å². The molecule has 0 spiro atoms. The molecule has 1 fully saturated rings. The van der Waals surface area contributed by atoms with Gasteiger partial charge in [-0.25, -0.2) is 4.98 Å². The van der Waals surface area contributed by atoms with Gasteiger partial charge in [0.25, 0.3) is 5.91 Å². The minimum absolute atomic E-state index is 0.120. The maximum atomic E-state index is 12.0. The number of amides is 1. The van der Waals surface area contributed by atoms with Gasteiger partial charge in [0, 0.05) is 24.2 Å². The fraction of sp³-hybridized carbons (Fsp3) is 0.235. The Morgan fingerprint density at radius 3 is 2.71 bits per heavy atom. The molecule has 6 nitrogen and oxygen atoms in total. The molecule has 0 saturated carbocycles. The van der Waals surface area contributed by atoms with Gasteiger partial charge >= 0.3 is 0 Å². The summed E-state index contributed by atoms with van der Waals surface area (Å²) in [4.78, 5) is 16.1. The Bertz CT molecular complexity index is 780. The SMILES string of the molecule is N#Cc1cnc(Nc2ccc(NC(=O)[C@@H]3CCCO3)cc2)c(Cl)c1. The molecule has 24 heavy (non-hydrogen) atoms. The lowest BCUT2D eigenvalue weighted by atomic mass is 10.2. The Hall–Kier alpha value is -2.62. The predicted molar refractivity (Wildman–Crippen MR) is 91.3 cm³/mol. The highest BCUT2D eigenvalue weighted by atomic mass is 35.5. The summed E-state index contributed by atoms with van der Waals surface area (Å²) in [5, 5.41) is 15.1. The average Bonchev–Trinajstić information content (AvgIpc) is 3.13. The molecule has 1 aromatic heterocycles. The lowest BCUT2D eigenvalue weighted by Gasteiger charge is -2.11. The van der Waals surface area contributed by atoms with Crippen LogP contribution in [0, 0.1) is 11.3 Å². The van der Waals surface area contributed by atoms with Crippen LogP contribution in [-0.2, 0) is 9.53 Å². The summed E-state index contributed by atoms with van der Waals surface area (Å²) in [5.41, 5.74) is 1.86. The van der Waals surface area contributed by atoms with Crippen molar-refractivity contribution >= 4 is 34.7 Å². The van der Waals surface area contributed by atoms with Gasteiger partial charge in [0.1, 0.15) is 18.0 Å². The molecule has 0 aliphatic carbocycles. The van der Waals surface area contributed by atoms with Gasteiger partial charge in [-0.15, -0.1) is 0 Å². The second-order valence-electron chi connectivity index (χ2n) is 5.36. The molecule has 7 heteroatoms. The number of rotatable bonds is 4. The van der Waals surface area contributed by atoms with E-state index in [9.17, 15) is 4.79 Å². The summed E-state index contributed by atoms with van der Waals surface area (Å²) in [6.45, 7) is 0.638. The summed E-state index contributed by atoms with van der Waals surface area (Å²) in [6, 6.07) is 10.7. The van der Waals surface area contributed by atoms with Gasteiger partial charge < -0.3 is 15.4 Å². The fourth-order valence-corrected chi connectivity index (χ4v) is 2.59. The van der Waals surface area contributed by atoms with E-state index in [1.807, 2.05) is 6.07 Å². The molecule has 1 aliphatic heterocycles. The van der Waals surface area contributed by atoms with Crippen molar-refractivity contribution in [1.82, 2.24) is 4.98 Å². The minimum atomic E-state index is -0.357. The van der Waals surface area contributed by atoms with Crippen molar-refractivity contribution in [3.63, 3.8) is 0 Å². The average molecular weight is 343 g/mol. The van der Waals surface area contributed by atoms with Gasteiger partial charge in [0.2, 0.25) is 0 Å². The first-order valence-corrected chi connectivity index (χ1v) is 7.89. The molecule has 0 unspecified atom stereocenters. The van der Waals surface area contributed by atoms with Crippen molar-refractivity contribution in [2.24, 2.45) is 0 Å². The lowest BCUT2D eigenvalue weighted by molar-refractivity contribution is -0.124. The van der Waals surface area contributed by atoms with E-state index in [-0.39, 0.29) is 12.0 Å². The number of benzene rings is 1. The van der Waals surface area contributed by atoms with Crippen LogP contribution in [-0.4, -0.2) is 23.6 Å². The van der Waals surface area contributed by atoms with Gasteiger partial charge in [-0.2, -0.15) is 5.26 Å². The Balaban J connectivity index is 1.64. The molecular formula is C17H15ClN4O2. The third kappa shape index (κ3) is 3.82. The second-order valence-corrected chi connectivity index (χ2v) is 5.77. The first kappa shape index (κ1) is 16.2. The van der Waals surface area contributed by atoms with Crippen LogP contribution in [0.5, 0.6) is 0 Å². The number of hydrogen-bond donors (Lipinski definition) is 2. The number of carbonyl (C=O) groups excluding carboxylic acids is 1. The molecule has 0 bridgehead atoms. The predicted octanol–water partition coefficient (Wildman–Crippen LogP) is 3.47. The van der Waals surface area contributed by atoms with E-state index in [0.717, 1.165) is 18.5 Å². The van der Waals surface area contributed by atoms with Crippen LogP contribution < -0.4 is 10.6 Å².